The average Bonchev–Trinajstić information content (AvgIpc) is 2.87. The second-order valence-corrected chi connectivity index (χ2v) is 8.65. The fourth-order valence-corrected chi connectivity index (χ4v) is 3.94. The van der Waals surface area contributed by atoms with Crippen LogP contribution in [0.15, 0.2) is 66.7 Å². The van der Waals surface area contributed by atoms with Crippen molar-refractivity contribution >= 4 is 11.8 Å². The van der Waals surface area contributed by atoms with Crippen molar-refractivity contribution in [2.75, 3.05) is 6.61 Å². The summed E-state index contributed by atoms with van der Waals surface area (Å²) >= 11 is 0. The number of aliphatic carboxylic acids is 1. The van der Waals surface area contributed by atoms with Crippen molar-refractivity contribution in [1.29, 1.82) is 0 Å². The molecule has 0 saturated carbocycles. The molecule has 35 heavy (non-hydrogen) atoms. The number of hydrogen-bond donors (Lipinski definition) is 1. The highest BCUT2D eigenvalue weighted by atomic mass is 16.5. The molecule has 0 heterocycles. The molecule has 0 aromatic heterocycles. The quantitative estimate of drug-likeness (QED) is 0.289. The van der Waals surface area contributed by atoms with Crippen molar-refractivity contribution in [1.82, 2.24) is 0 Å². The first-order chi connectivity index (χ1) is 16.9. The minimum absolute atomic E-state index is 0.0412. The maximum atomic E-state index is 13.2. The second kappa shape index (κ2) is 12.7. The van der Waals surface area contributed by atoms with Crippen LogP contribution in [-0.4, -0.2) is 29.6 Å². The minimum atomic E-state index is -0.798. The standard InChI is InChI=1S/C30H34O5/c1-4-22-11-15-28(27(20-22)30(33)24-9-7-6-8-10-24)35-25(5-2)17-18-34-26-14-12-23(21(3)19-26)13-16-29(31)32/h6-12,14-15,19-20,25H,4-5,13,16-18H2,1-3H3,(H,31,32)/t25-/m0/s1. The number of aryl methyl sites for hydroxylation is 3. The Balaban J connectivity index is 1.65. The fourth-order valence-electron chi connectivity index (χ4n) is 3.94. The Morgan fingerprint density at radius 1 is 0.971 bits per heavy atom. The zero-order valence-corrected chi connectivity index (χ0v) is 20.8. The normalized spacial score (nSPS) is 11.6. The van der Waals surface area contributed by atoms with Gasteiger partial charge in [-0.15, -0.1) is 0 Å². The molecule has 184 valence electrons. The maximum Gasteiger partial charge on any atom is 0.303 e. The minimum Gasteiger partial charge on any atom is -0.493 e. The smallest absolute Gasteiger partial charge is 0.303 e. The number of ether oxygens (including phenoxy) is 2. The van der Waals surface area contributed by atoms with Gasteiger partial charge in [0.05, 0.1) is 12.2 Å². The maximum absolute atomic E-state index is 13.2. The molecule has 3 aromatic rings. The highest BCUT2D eigenvalue weighted by molar-refractivity contribution is 6.10. The van der Waals surface area contributed by atoms with Gasteiger partial charge in [-0.2, -0.15) is 0 Å². The second-order valence-electron chi connectivity index (χ2n) is 8.65. The van der Waals surface area contributed by atoms with Crippen LogP contribution in [0.4, 0.5) is 0 Å². The largest absolute Gasteiger partial charge is 0.493 e. The van der Waals surface area contributed by atoms with Crippen molar-refractivity contribution in [3.05, 3.63) is 94.5 Å². The molecule has 0 saturated heterocycles. The number of carboxylic acids is 1. The van der Waals surface area contributed by atoms with Crippen LogP contribution in [0.25, 0.3) is 0 Å². The van der Waals surface area contributed by atoms with Crippen molar-refractivity contribution in [2.45, 2.75) is 59.0 Å². The van der Waals surface area contributed by atoms with Crippen LogP contribution in [0.1, 0.15) is 65.7 Å². The highest BCUT2D eigenvalue weighted by Crippen LogP contribution is 2.26. The van der Waals surface area contributed by atoms with E-state index in [1.54, 1.807) is 0 Å². The van der Waals surface area contributed by atoms with Crippen LogP contribution in [0.2, 0.25) is 0 Å². The van der Waals surface area contributed by atoms with Gasteiger partial charge in [0.15, 0.2) is 5.78 Å². The molecule has 0 aliphatic rings. The Labute approximate surface area is 207 Å². The Kier molecular flexibility index (Phi) is 9.47. The van der Waals surface area contributed by atoms with Crippen LogP contribution in [-0.2, 0) is 17.6 Å². The van der Waals surface area contributed by atoms with Gasteiger partial charge in [-0.25, -0.2) is 0 Å². The van der Waals surface area contributed by atoms with E-state index in [1.807, 2.05) is 73.7 Å². The number of benzene rings is 3. The monoisotopic (exact) mass is 474 g/mol. The van der Waals surface area contributed by atoms with Gasteiger partial charge in [0.2, 0.25) is 0 Å². The van der Waals surface area contributed by atoms with E-state index in [0.717, 1.165) is 35.3 Å². The summed E-state index contributed by atoms with van der Waals surface area (Å²) < 4.78 is 12.3. The number of carbonyl (C=O) groups excluding carboxylic acids is 1. The molecule has 0 unspecified atom stereocenters. The summed E-state index contributed by atoms with van der Waals surface area (Å²) in [6.07, 6.45) is 2.82. The molecule has 0 aliphatic heterocycles. The predicted molar refractivity (Wildman–Crippen MR) is 138 cm³/mol. The molecule has 5 nitrogen and oxygen atoms in total. The van der Waals surface area contributed by atoms with E-state index in [2.05, 4.69) is 13.8 Å². The summed E-state index contributed by atoms with van der Waals surface area (Å²) in [5.41, 5.74) is 4.36. The first-order valence-corrected chi connectivity index (χ1v) is 12.2. The molecule has 0 radical (unpaired) electrons. The number of rotatable bonds is 13. The lowest BCUT2D eigenvalue weighted by Crippen LogP contribution is -2.20. The van der Waals surface area contributed by atoms with E-state index in [4.69, 9.17) is 14.6 Å². The first-order valence-electron chi connectivity index (χ1n) is 12.2. The Hall–Kier alpha value is -3.60. The highest BCUT2D eigenvalue weighted by Gasteiger charge is 2.18. The van der Waals surface area contributed by atoms with Crippen LogP contribution < -0.4 is 9.47 Å². The molecule has 5 heteroatoms. The van der Waals surface area contributed by atoms with Crippen LogP contribution >= 0.6 is 0 Å². The average molecular weight is 475 g/mol. The van der Waals surface area contributed by atoms with Gasteiger partial charge >= 0.3 is 5.97 Å². The molecule has 0 bridgehead atoms. The third-order valence-corrected chi connectivity index (χ3v) is 6.11. The van der Waals surface area contributed by atoms with Crippen molar-refractivity contribution in [3.8, 4) is 11.5 Å². The summed E-state index contributed by atoms with van der Waals surface area (Å²) in [4.78, 5) is 24.0. The molecular formula is C30H34O5. The molecule has 1 N–H and O–H groups in total. The number of ketones is 1. The van der Waals surface area contributed by atoms with Gasteiger partial charge < -0.3 is 14.6 Å². The molecule has 1 atom stereocenters. The van der Waals surface area contributed by atoms with E-state index in [-0.39, 0.29) is 18.3 Å². The van der Waals surface area contributed by atoms with E-state index in [9.17, 15) is 9.59 Å². The summed E-state index contributed by atoms with van der Waals surface area (Å²) in [6, 6.07) is 20.9. The van der Waals surface area contributed by atoms with E-state index in [0.29, 0.717) is 36.3 Å². The third-order valence-electron chi connectivity index (χ3n) is 6.11. The van der Waals surface area contributed by atoms with E-state index in [1.165, 1.54) is 0 Å². The molecule has 3 aromatic carbocycles. The molecule has 0 amide bonds. The van der Waals surface area contributed by atoms with Crippen molar-refractivity contribution in [2.24, 2.45) is 0 Å². The summed E-state index contributed by atoms with van der Waals surface area (Å²) in [5, 5.41) is 8.89. The Morgan fingerprint density at radius 2 is 1.74 bits per heavy atom. The molecule has 0 aliphatic carbocycles. The van der Waals surface area contributed by atoms with Gasteiger partial charge in [-0.3, -0.25) is 9.59 Å². The van der Waals surface area contributed by atoms with Crippen molar-refractivity contribution < 1.29 is 24.2 Å². The first kappa shape index (κ1) is 26.0. The summed E-state index contributed by atoms with van der Waals surface area (Å²) in [5.74, 6) is 0.513. The molecular weight excluding hydrogens is 440 g/mol. The van der Waals surface area contributed by atoms with Gasteiger partial charge in [0.1, 0.15) is 17.6 Å². The summed E-state index contributed by atoms with van der Waals surface area (Å²) in [7, 11) is 0. The van der Waals surface area contributed by atoms with E-state index < -0.39 is 5.97 Å². The predicted octanol–water partition coefficient (Wildman–Crippen LogP) is 6.43. The van der Waals surface area contributed by atoms with E-state index >= 15 is 0 Å². The zero-order chi connectivity index (χ0) is 25.2. The lowest BCUT2D eigenvalue weighted by Gasteiger charge is -2.20. The SMILES string of the molecule is CCc1ccc(O[C@@H](CC)CCOc2ccc(CCC(=O)O)c(C)c2)c(C(=O)c2ccccc2)c1. The van der Waals surface area contributed by atoms with Crippen LogP contribution in [0, 0.1) is 6.92 Å². The topological polar surface area (TPSA) is 72.8 Å². The molecule has 0 spiro atoms. The van der Waals surface area contributed by atoms with Gasteiger partial charge in [0.25, 0.3) is 0 Å². The summed E-state index contributed by atoms with van der Waals surface area (Å²) in [6.45, 7) is 6.57. The molecule has 3 rings (SSSR count). The number of hydrogen-bond acceptors (Lipinski definition) is 4. The number of carboxylic acid groups (broad SMARTS) is 1. The lowest BCUT2D eigenvalue weighted by atomic mass is 9.99. The Morgan fingerprint density at radius 3 is 2.40 bits per heavy atom. The zero-order valence-electron chi connectivity index (χ0n) is 20.8. The van der Waals surface area contributed by atoms with Crippen LogP contribution in [0.3, 0.4) is 0 Å². The van der Waals surface area contributed by atoms with Crippen molar-refractivity contribution in [3.63, 3.8) is 0 Å². The Bertz CT molecular complexity index is 1140. The lowest BCUT2D eigenvalue weighted by molar-refractivity contribution is -0.136. The fraction of sp³-hybridized carbons (Fsp3) is 0.333. The number of carbonyl (C=O) groups is 2. The third kappa shape index (κ3) is 7.44. The van der Waals surface area contributed by atoms with Gasteiger partial charge in [0, 0.05) is 18.4 Å². The molecule has 0 fully saturated rings. The van der Waals surface area contributed by atoms with Gasteiger partial charge in [-0.05, 0) is 67.1 Å². The van der Waals surface area contributed by atoms with Crippen LogP contribution in [0.5, 0.6) is 11.5 Å². The van der Waals surface area contributed by atoms with Gasteiger partial charge in [-0.1, -0.05) is 56.3 Å².